The fourth-order valence-electron chi connectivity index (χ4n) is 4.45. The maximum Gasteiger partial charge on any atom is 0.242 e. The van der Waals surface area contributed by atoms with Crippen molar-refractivity contribution >= 4 is 18.3 Å². The lowest BCUT2D eigenvalue weighted by Crippen LogP contribution is -2.47. The van der Waals surface area contributed by atoms with Crippen LogP contribution < -0.4 is 10.1 Å². The number of carbonyl (C=O) groups excluding carboxylic acids is 1. The first-order valence-electron chi connectivity index (χ1n) is 10.4. The third-order valence-corrected chi connectivity index (χ3v) is 5.99. The minimum Gasteiger partial charge on any atom is -0.494 e. The van der Waals surface area contributed by atoms with Crippen molar-refractivity contribution in [1.82, 2.24) is 15.2 Å². The maximum absolute atomic E-state index is 14.6. The van der Waals surface area contributed by atoms with Crippen LogP contribution in [-0.2, 0) is 4.79 Å². The first kappa shape index (κ1) is 22.5. The number of hydrogen-bond acceptors (Lipinski definition) is 4. The minimum absolute atomic E-state index is 0. The van der Waals surface area contributed by atoms with Gasteiger partial charge in [0.1, 0.15) is 17.1 Å². The zero-order valence-corrected chi connectivity index (χ0v) is 18.5. The summed E-state index contributed by atoms with van der Waals surface area (Å²) >= 11 is 0. The van der Waals surface area contributed by atoms with Crippen LogP contribution in [0.15, 0.2) is 30.3 Å². The van der Waals surface area contributed by atoms with Crippen LogP contribution in [0, 0.1) is 12.7 Å². The fraction of sp³-hybridized carbons (Fsp3) is 0.478. The predicted molar refractivity (Wildman–Crippen MR) is 117 cm³/mol. The highest BCUT2D eigenvalue weighted by Gasteiger charge is 2.50. The summed E-state index contributed by atoms with van der Waals surface area (Å²) in [5, 5.41) is 3.55. The molecule has 2 fully saturated rings. The smallest absolute Gasteiger partial charge is 0.242 e. The summed E-state index contributed by atoms with van der Waals surface area (Å²) in [5.41, 5.74) is 2.51. The average Bonchev–Trinajstić information content (AvgIpc) is 3.27. The molecular formula is C23H29ClFN3O2. The molecule has 0 unspecified atom stereocenters. The number of ether oxygens (including phenoxy) is 1. The first-order valence-corrected chi connectivity index (χ1v) is 10.4. The number of benzene rings is 1. The highest BCUT2D eigenvalue weighted by molar-refractivity contribution is 5.88. The van der Waals surface area contributed by atoms with E-state index in [4.69, 9.17) is 9.72 Å². The highest BCUT2D eigenvalue weighted by Crippen LogP contribution is 2.39. The molecule has 0 bridgehead atoms. The van der Waals surface area contributed by atoms with E-state index in [1.54, 1.807) is 17.0 Å². The van der Waals surface area contributed by atoms with Gasteiger partial charge in [0.2, 0.25) is 5.91 Å². The fourth-order valence-corrected chi connectivity index (χ4v) is 4.45. The monoisotopic (exact) mass is 433 g/mol. The van der Waals surface area contributed by atoms with Crippen molar-refractivity contribution in [2.45, 2.75) is 51.1 Å². The molecule has 1 N–H and O–H groups in total. The number of aryl methyl sites for hydroxylation is 1. The lowest BCUT2D eigenvalue weighted by atomic mass is 9.96. The van der Waals surface area contributed by atoms with Gasteiger partial charge in [0.05, 0.1) is 18.3 Å². The average molecular weight is 434 g/mol. The molecule has 0 aliphatic carbocycles. The number of rotatable bonds is 5. The van der Waals surface area contributed by atoms with Crippen LogP contribution in [0.1, 0.15) is 50.0 Å². The minimum atomic E-state index is -0.468. The number of nitrogens with one attached hydrogen (secondary N) is 1. The molecule has 4 rings (SSSR count). The van der Waals surface area contributed by atoms with Gasteiger partial charge in [-0.25, -0.2) is 4.39 Å². The van der Waals surface area contributed by atoms with Crippen molar-refractivity contribution < 1.29 is 13.9 Å². The number of halogens is 2. The van der Waals surface area contributed by atoms with Crippen molar-refractivity contribution in [2.75, 3.05) is 20.2 Å². The summed E-state index contributed by atoms with van der Waals surface area (Å²) in [6.07, 6.45) is 3.37. The second-order valence-corrected chi connectivity index (χ2v) is 8.21. The van der Waals surface area contributed by atoms with E-state index in [-0.39, 0.29) is 30.2 Å². The van der Waals surface area contributed by atoms with Crippen molar-refractivity contribution in [3.8, 4) is 16.9 Å². The van der Waals surface area contributed by atoms with E-state index in [1.807, 2.05) is 33.0 Å². The molecule has 162 valence electrons. The molecule has 0 saturated carbocycles. The van der Waals surface area contributed by atoms with Gasteiger partial charge in [0, 0.05) is 24.8 Å². The SMILES string of the molecule is CCCOc1ccc(F)c(-c2cc(C)nc([C@@H]3CC[C@]4(CCN(C)C4=O)N3)c2)c1.Cl. The molecule has 1 spiro atoms. The van der Waals surface area contributed by atoms with Crippen LogP contribution in [0.4, 0.5) is 4.39 Å². The Bertz CT molecular complexity index is 939. The number of likely N-dealkylation sites (N-methyl/N-ethyl adjacent to an activating group) is 1. The Hall–Kier alpha value is -2.18. The summed E-state index contributed by atoms with van der Waals surface area (Å²) in [4.78, 5) is 19.1. The first-order chi connectivity index (χ1) is 13.9. The third kappa shape index (κ3) is 4.16. The zero-order valence-electron chi connectivity index (χ0n) is 17.7. The topological polar surface area (TPSA) is 54.5 Å². The molecule has 3 heterocycles. The van der Waals surface area contributed by atoms with Crippen LogP contribution in [-0.4, -0.2) is 41.5 Å². The van der Waals surface area contributed by atoms with Crippen LogP contribution in [0.3, 0.4) is 0 Å². The number of amides is 1. The van der Waals surface area contributed by atoms with Crippen molar-refractivity contribution in [2.24, 2.45) is 0 Å². The zero-order chi connectivity index (χ0) is 20.6. The van der Waals surface area contributed by atoms with Crippen LogP contribution in [0.5, 0.6) is 5.75 Å². The Balaban J connectivity index is 0.00000256. The molecule has 5 nitrogen and oxygen atoms in total. The van der Waals surface area contributed by atoms with Crippen LogP contribution >= 0.6 is 12.4 Å². The van der Waals surface area contributed by atoms with Crippen LogP contribution in [0.2, 0.25) is 0 Å². The van der Waals surface area contributed by atoms with Gasteiger partial charge in [0.15, 0.2) is 0 Å². The summed E-state index contributed by atoms with van der Waals surface area (Å²) < 4.78 is 20.3. The number of aromatic nitrogens is 1. The van der Waals surface area contributed by atoms with Crippen LogP contribution in [0.25, 0.3) is 11.1 Å². The lowest BCUT2D eigenvalue weighted by Gasteiger charge is -2.23. The number of hydrogen-bond donors (Lipinski definition) is 1. The Morgan fingerprint density at radius 1 is 1.30 bits per heavy atom. The Kier molecular flexibility index (Phi) is 6.68. The van der Waals surface area contributed by atoms with Gasteiger partial charge >= 0.3 is 0 Å². The molecule has 0 radical (unpaired) electrons. The molecule has 30 heavy (non-hydrogen) atoms. The lowest BCUT2D eigenvalue weighted by molar-refractivity contribution is -0.131. The largest absolute Gasteiger partial charge is 0.494 e. The molecule has 2 atom stereocenters. The van der Waals surface area contributed by atoms with Gasteiger partial charge in [0.25, 0.3) is 0 Å². The van der Waals surface area contributed by atoms with Gasteiger partial charge in [-0.3, -0.25) is 15.1 Å². The molecule has 1 aromatic heterocycles. The molecule has 1 amide bonds. The predicted octanol–water partition coefficient (Wildman–Crippen LogP) is 4.43. The Labute approximate surface area is 183 Å². The highest BCUT2D eigenvalue weighted by atomic mass is 35.5. The van der Waals surface area contributed by atoms with Crippen molar-refractivity contribution in [3.63, 3.8) is 0 Å². The van der Waals surface area contributed by atoms with E-state index < -0.39 is 5.54 Å². The van der Waals surface area contributed by atoms with Gasteiger partial charge < -0.3 is 9.64 Å². The number of carbonyl (C=O) groups is 1. The molecule has 2 aliphatic heterocycles. The second-order valence-electron chi connectivity index (χ2n) is 8.21. The molecule has 2 aliphatic rings. The molecule has 2 saturated heterocycles. The number of pyridine rings is 1. The van der Waals surface area contributed by atoms with E-state index in [0.717, 1.165) is 49.2 Å². The normalized spacial score (nSPS) is 23.1. The van der Waals surface area contributed by atoms with E-state index >= 15 is 0 Å². The van der Waals surface area contributed by atoms with E-state index in [0.29, 0.717) is 17.9 Å². The standard InChI is InChI=1S/C23H28FN3O2.ClH/c1-4-11-29-17-5-6-19(24)18(14-17)16-12-15(2)25-21(13-16)20-7-8-23(26-20)9-10-27(3)22(23)28;/h5-6,12-14,20,26H,4,7-11H2,1-3H3;1H/t20-,23+;/m0./s1. The van der Waals surface area contributed by atoms with Gasteiger partial charge in [-0.1, -0.05) is 6.92 Å². The van der Waals surface area contributed by atoms with E-state index in [9.17, 15) is 9.18 Å². The van der Waals surface area contributed by atoms with E-state index in [1.165, 1.54) is 6.07 Å². The molecule has 2 aromatic rings. The maximum atomic E-state index is 14.6. The summed E-state index contributed by atoms with van der Waals surface area (Å²) in [7, 11) is 1.85. The molecule has 1 aromatic carbocycles. The summed E-state index contributed by atoms with van der Waals surface area (Å²) in [6.45, 7) is 5.34. The molecular weight excluding hydrogens is 405 g/mol. The van der Waals surface area contributed by atoms with Gasteiger partial charge in [-0.05, 0) is 68.5 Å². The second kappa shape index (κ2) is 8.90. The molecule has 7 heteroatoms. The van der Waals surface area contributed by atoms with Crippen molar-refractivity contribution in [3.05, 3.63) is 47.5 Å². The van der Waals surface area contributed by atoms with Gasteiger partial charge in [-0.15, -0.1) is 12.4 Å². The van der Waals surface area contributed by atoms with Crippen molar-refractivity contribution in [1.29, 1.82) is 0 Å². The number of likely N-dealkylation sites (tertiary alicyclic amines) is 1. The van der Waals surface area contributed by atoms with Gasteiger partial charge in [-0.2, -0.15) is 0 Å². The third-order valence-electron chi connectivity index (χ3n) is 5.99. The quantitative estimate of drug-likeness (QED) is 0.757. The van der Waals surface area contributed by atoms with E-state index in [2.05, 4.69) is 5.32 Å². The summed E-state index contributed by atoms with van der Waals surface area (Å²) in [5.74, 6) is 0.547. The summed E-state index contributed by atoms with van der Waals surface area (Å²) in [6, 6.07) is 8.69. The Morgan fingerprint density at radius 3 is 2.80 bits per heavy atom. The Morgan fingerprint density at radius 2 is 2.10 bits per heavy atom. The number of nitrogens with zero attached hydrogens (tertiary/aromatic N) is 2.